The summed E-state index contributed by atoms with van der Waals surface area (Å²) in [7, 11) is 0. The van der Waals surface area contributed by atoms with E-state index in [0.29, 0.717) is 6.29 Å². The number of rotatable bonds is 3. The van der Waals surface area contributed by atoms with Gasteiger partial charge in [0.25, 0.3) is 0 Å². The quantitative estimate of drug-likeness (QED) is 0.574. The highest BCUT2D eigenvalue weighted by Gasteiger charge is 2.22. The van der Waals surface area contributed by atoms with E-state index in [0.717, 1.165) is 0 Å². The van der Waals surface area contributed by atoms with Crippen LogP contribution in [0.25, 0.3) is 0 Å². The van der Waals surface area contributed by atoms with E-state index in [1.807, 2.05) is 0 Å². The first-order valence-electron chi connectivity index (χ1n) is 5.69. The number of phenolic OH excluding ortho intramolecular Hbond substituents is 2. The molecule has 3 N–H and O–H groups in total. The molecule has 0 fully saturated rings. The van der Waals surface area contributed by atoms with Crippen molar-refractivity contribution in [3.05, 3.63) is 23.8 Å². The number of benzene rings is 1. The van der Waals surface area contributed by atoms with Crippen LogP contribution in [-0.4, -0.2) is 28.2 Å². The summed E-state index contributed by atoms with van der Waals surface area (Å²) in [5.74, 6) is -0.323. The minimum Gasteiger partial charge on any atom is -0.508 e. The van der Waals surface area contributed by atoms with E-state index >= 15 is 0 Å². The van der Waals surface area contributed by atoms with Crippen LogP contribution in [-0.2, 0) is 9.53 Å². The lowest BCUT2D eigenvalue weighted by molar-refractivity contribution is -0.109. The van der Waals surface area contributed by atoms with Gasteiger partial charge in [-0.3, -0.25) is 0 Å². The monoisotopic (exact) mass is 267 g/mol. The van der Waals surface area contributed by atoms with Crippen molar-refractivity contribution in [3.63, 3.8) is 0 Å². The molecule has 0 aromatic heterocycles. The van der Waals surface area contributed by atoms with Crippen molar-refractivity contribution in [2.45, 2.75) is 32.4 Å². The minimum atomic E-state index is -1.10. The third-order valence-electron chi connectivity index (χ3n) is 2.15. The number of carbonyl (C=O) groups excluding carboxylic acids is 2. The van der Waals surface area contributed by atoms with Crippen molar-refractivity contribution in [1.82, 2.24) is 5.32 Å². The molecule has 0 saturated carbocycles. The maximum absolute atomic E-state index is 11.6. The van der Waals surface area contributed by atoms with E-state index in [1.54, 1.807) is 20.8 Å². The third kappa shape index (κ3) is 4.50. The van der Waals surface area contributed by atoms with Gasteiger partial charge in [-0.15, -0.1) is 0 Å². The molecule has 0 bridgehead atoms. The SMILES string of the molecule is CC(C)(C)OC(=O)NC(C=O)c1cc(O)ccc1O. The summed E-state index contributed by atoms with van der Waals surface area (Å²) in [4.78, 5) is 22.6. The number of ether oxygens (including phenoxy) is 1. The summed E-state index contributed by atoms with van der Waals surface area (Å²) in [6.45, 7) is 5.07. The molecule has 0 aliphatic rings. The molecule has 1 aromatic carbocycles. The van der Waals surface area contributed by atoms with Gasteiger partial charge in [-0.2, -0.15) is 0 Å². The Bertz CT molecular complexity index is 478. The standard InChI is InChI=1S/C13H17NO5/c1-13(2,3)19-12(18)14-10(7-15)9-6-8(16)4-5-11(9)17/h4-7,10,16-17H,1-3H3,(H,14,18). The van der Waals surface area contributed by atoms with Gasteiger partial charge in [-0.1, -0.05) is 0 Å². The summed E-state index contributed by atoms with van der Waals surface area (Å²) in [6, 6.07) is 2.61. The third-order valence-corrected chi connectivity index (χ3v) is 2.15. The van der Waals surface area contributed by atoms with Crippen LogP contribution < -0.4 is 5.32 Å². The zero-order valence-corrected chi connectivity index (χ0v) is 11.0. The van der Waals surface area contributed by atoms with Gasteiger partial charge in [0, 0.05) is 5.56 Å². The first-order chi connectivity index (χ1) is 8.73. The number of hydrogen-bond donors (Lipinski definition) is 3. The Morgan fingerprint density at radius 3 is 2.53 bits per heavy atom. The maximum Gasteiger partial charge on any atom is 0.408 e. The first kappa shape index (κ1) is 14.8. The predicted molar refractivity (Wildman–Crippen MR) is 67.9 cm³/mol. The summed E-state index contributed by atoms with van der Waals surface area (Å²) in [6.07, 6.45) is -0.342. The highest BCUT2D eigenvalue weighted by atomic mass is 16.6. The van der Waals surface area contributed by atoms with Crippen molar-refractivity contribution >= 4 is 12.4 Å². The molecule has 0 aliphatic heterocycles. The minimum absolute atomic E-state index is 0.0980. The Morgan fingerprint density at radius 1 is 1.37 bits per heavy atom. The van der Waals surface area contributed by atoms with Crippen LogP contribution >= 0.6 is 0 Å². The van der Waals surface area contributed by atoms with Crippen molar-refractivity contribution in [1.29, 1.82) is 0 Å². The zero-order chi connectivity index (χ0) is 14.6. The number of aldehydes is 1. The molecule has 6 heteroatoms. The largest absolute Gasteiger partial charge is 0.508 e. The van der Waals surface area contributed by atoms with Gasteiger partial charge in [0.05, 0.1) is 0 Å². The van der Waals surface area contributed by atoms with Crippen LogP contribution in [0.4, 0.5) is 4.79 Å². The number of hydrogen-bond acceptors (Lipinski definition) is 5. The van der Waals surface area contributed by atoms with Crippen molar-refractivity contribution in [2.75, 3.05) is 0 Å². The maximum atomic E-state index is 11.6. The molecule has 1 amide bonds. The van der Waals surface area contributed by atoms with E-state index in [-0.39, 0.29) is 17.1 Å². The number of carbonyl (C=O) groups is 2. The number of aromatic hydroxyl groups is 2. The Morgan fingerprint density at radius 2 is 2.00 bits per heavy atom. The van der Waals surface area contributed by atoms with Crippen LogP contribution in [0.5, 0.6) is 11.5 Å². The van der Waals surface area contributed by atoms with Crippen molar-refractivity contribution in [2.24, 2.45) is 0 Å². The van der Waals surface area contributed by atoms with Crippen LogP contribution in [0, 0.1) is 0 Å². The summed E-state index contributed by atoms with van der Waals surface area (Å²) in [5.41, 5.74) is -0.598. The van der Waals surface area contributed by atoms with Gasteiger partial charge in [0.2, 0.25) is 0 Å². The number of alkyl carbamates (subject to hydrolysis) is 1. The Balaban J connectivity index is 2.87. The van der Waals surface area contributed by atoms with Gasteiger partial charge in [0.1, 0.15) is 29.4 Å². The van der Waals surface area contributed by atoms with E-state index in [4.69, 9.17) is 4.74 Å². The Labute approximate surface area is 111 Å². The lowest BCUT2D eigenvalue weighted by Gasteiger charge is -2.22. The fourth-order valence-electron chi connectivity index (χ4n) is 1.41. The molecule has 1 atom stereocenters. The molecule has 0 radical (unpaired) electrons. The second-order valence-corrected chi connectivity index (χ2v) is 5.00. The predicted octanol–water partition coefficient (Wildman–Crippen LogP) is 1.86. The average molecular weight is 267 g/mol. The van der Waals surface area contributed by atoms with Gasteiger partial charge >= 0.3 is 6.09 Å². The first-order valence-corrected chi connectivity index (χ1v) is 5.69. The van der Waals surface area contributed by atoms with Crippen molar-refractivity contribution in [3.8, 4) is 11.5 Å². The average Bonchev–Trinajstić information content (AvgIpc) is 2.27. The van der Waals surface area contributed by atoms with Gasteiger partial charge < -0.3 is 25.1 Å². The smallest absolute Gasteiger partial charge is 0.408 e. The number of amides is 1. The van der Waals surface area contributed by atoms with E-state index in [2.05, 4.69) is 5.32 Å². The molecule has 1 aromatic rings. The molecule has 19 heavy (non-hydrogen) atoms. The molecule has 0 heterocycles. The van der Waals surface area contributed by atoms with Crippen molar-refractivity contribution < 1.29 is 24.5 Å². The molecule has 104 valence electrons. The lowest BCUT2D eigenvalue weighted by Crippen LogP contribution is -2.35. The molecular formula is C13H17NO5. The second-order valence-electron chi connectivity index (χ2n) is 5.00. The number of nitrogens with one attached hydrogen (secondary N) is 1. The lowest BCUT2D eigenvalue weighted by atomic mass is 10.1. The fourth-order valence-corrected chi connectivity index (χ4v) is 1.41. The summed E-state index contributed by atoms with van der Waals surface area (Å²) < 4.78 is 5.01. The van der Waals surface area contributed by atoms with E-state index in [1.165, 1.54) is 18.2 Å². The normalized spacial score (nSPS) is 12.6. The molecule has 0 saturated heterocycles. The summed E-state index contributed by atoms with van der Waals surface area (Å²) >= 11 is 0. The Hall–Kier alpha value is -2.24. The molecule has 6 nitrogen and oxygen atoms in total. The van der Waals surface area contributed by atoms with Crippen LogP contribution in [0.15, 0.2) is 18.2 Å². The molecule has 0 aliphatic carbocycles. The molecule has 1 rings (SSSR count). The van der Waals surface area contributed by atoms with E-state index in [9.17, 15) is 19.8 Å². The topological polar surface area (TPSA) is 95.9 Å². The second kappa shape index (κ2) is 5.60. The molecular weight excluding hydrogens is 250 g/mol. The van der Waals surface area contributed by atoms with Gasteiger partial charge in [-0.25, -0.2) is 4.79 Å². The zero-order valence-electron chi connectivity index (χ0n) is 11.0. The van der Waals surface area contributed by atoms with Gasteiger partial charge in [0.15, 0.2) is 0 Å². The van der Waals surface area contributed by atoms with Crippen LogP contribution in [0.3, 0.4) is 0 Å². The highest BCUT2D eigenvalue weighted by Crippen LogP contribution is 2.27. The van der Waals surface area contributed by atoms with Gasteiger partial charge in [-0.05, 0) is 39.0 Å². The fraction of sp³-hybridized carbons (Fsp3) is 0.385. The Kier molecular flexibility index (Phi) is 4.37. The molecule has 0 spiro atoms. The summed E-state index contributed by atoms with van der Waals surface area (Å²) in [5, 5.41) is 21.3. The highest BCUT2D eigenvalue weighted by molar-refractivity contribution is 5.75. The van der Waals surface area contributed by atoms with Crippen LogP contribution in [0.2, 0.25) is 0 Å². The molecule has 1 unspecified atom stereocenters. The van der Waals surface area contributed by atoms with E-state index < -0.39 is 17.7 Å². The number of phenols is 2. The van der Waals surface area contributed by atoms with Crippen LogP contribution in [0.1, 0.15) is 32.4 Å².